The molecule has 1 aromatic heterocycles. The zero-order valence-electron chi connectivity index (χ0n) is 8.06. The molecule has 4 heteroatoms. The first-order chi connectivity index (χ1) is 5.93. The second-order valence-electron chi connectivity index (χ2n) is 4.09. The van der Waals surface area contributed by atoms with Crippen LogP contribution in [0.3, 0.4) is 0 Å². The van der Waals surface area contributed by atoms with Crippen molar-refractivity contribution >= 4 is 5.97 Å². The molecule has 1 N–H and O–H groups in total. The van der Waals surface area contributed by atoms with Gasteiger partial charge in [-0.3, -0.25) is 4.68 Å². The number of carboxylic acids is 1. The van der Waals surface area contributed by atoms with Crippen molar-refractivity contribution in [1.29, 1.82) is 0 Å². The molecule has 1 unspecified atom stereocenters. The molecule has 13 heavy (non-hydrogen) atoms. The smallest absolute Gasteiger partial charge is 0.329 e. The maximum Gasteiger partial charge on any atom is 0.329 e. The summed E-state index contributed by atoms with van der Waals surface area (Å²) in [6.45, 7) is 5.65. The minimum absolute atomic E-state index is 0.335. The Bertz CT molecular complexity index is 285. The number of carboxylic acid groups (broad SMARTS) is 1. The van der Waals surface area contributed by atoms with Crippen LogP contribution in [0, 0.1) is 5.41 Å². The van der Waals surface area contributed by atoms with Crippen molar-refractivity contribution in [3.05, 3.63) is 18.5 Å². The van der Waals surface area contributed by atoms with Crippen LogP contribution >= 0.6 is 0 Å². The fourth-order valence-electron chi connectivity index (χ4n) is 1.31. The molecule has 1 aromatic rings. The van der Waals surface area contributed by atoms with Crippen LogP contribution < -0.4 is 0 Å². The first-order valence-corrected chi connectivity index (χ1v) is 4.15. The van der Waals surface area contributed by atoms with Gasteiger partial charge in [0.15, 0.2) is 6.04 Å². The summed E-state index contributed by atoms with van der Waals surface area (Å²) >= 11 is 0. The summed E-state index contributed by atoms with van der Waals surface area (Å²) in [4.78, 5) is 11.0. The van der Waals surface area contributed by atoms with Crippen LogP contribution in [0.25, 0.3) is 0 Å². The van der Waals surface area contributed by atoms with Crippen LogP contribution in [-0.4, -0.2) is 20.9 Å². The highest BCUT2D eigenvalue weighted by atomic mass is 16.4. The summed E-state index contributed by atoms with van der Waals surface area (Å²) in [5.41, 5.74) is -0.335. The fraction of sp³-hybridized carbons (Fsp3) is 0.556. The average molecular weight is 182 g/mol. The predicted octanol–water partition coefficient (Wildman–Crippen LogP) is 1.55. The van der Waals surface area contributed by atoms with E-state index in [1.165, 1.54) is 4.68 Å². The van der Waals surface area contributed by atoms with E-state index < -0.39 is 12.0 Å². The Hall–Kier alpha value is -1.32. The van der Waals surface area contributed by atoms with E-state index in [0.717, 1.165) is 0 Å². The van der Waals surface area contributed by atoms with Gasteiger partial charge in [0.25, 0.3) is 0 Å². The minimum atomic E-state index is -0.851. The normalized spacial score (nSPS) is 14.1. The first-order valence-electron chi connectivity index (χ1n) is 4.15. The molecule has 0 aromatic carbocycles. The molecule has 4 nitrogen and oxygen atoms in total. The van der Waals surface area contributed by atoms with Gasteiger partial charge in [-0.05, 0) is 11.5 Å². The highest BCUT2D eigenvalue weighted by Gasteiger charge is 2.32. The van der Waals surface area contributed by atoms with Gasteiger partial charge in [-0.1, -0.05) is 20.8 Å². The van der Waals surface area contributed by atoms with E-state index >= 15 is 0 Å². The SMILES string of the molecule is CC(C)(C)C(C(=O)O)n1cccn1. The third kappa shape index (κ3) is 2.08. The molecule has 0 amide bonds. The Morgan fingerprint density at radius 3 is 2.46 bits per heavy atom. The van der Waals surface area contributed by atoms with Gasteiger partial charge in [-0.15, -0.1) is 0 Å². The van der Waals surface area contributed by atoms with Gasteiger partial charge in [0.1, 0.15) is 0 Å². The van der Waals surface area contributed by atoms with Crippen molar-refractivity contribution in [2.24, 2.45) is 5.41 Å². The molecule has 0 aliphatic heterocycles. The lowest BCUT2D eigenvalue weighted by Crippen LogP contribution is -2.31. The zero-order chi connectivity index (χ0) is 10.1. The van der Waals surface area contributed by atoms with Crippen LogP contribution in [0.5, 0.6) is 0 Å². The summed E-state index contributed by atoms with van der Waals surface area (Å²) in [7, 11) is 0. The number of nitrogens with zero attached hydrogens (tertiary/aromatic N) is 2. The van der Waals surface area contributed by atoms with Crippen molar-refractivity contribution in [2.45, 2.75) is 26.8 Å². The molecule has 0 fully saturated rings. The van der Waals surface area contributed by atoms with Gasteiger partial charge in [0.05, 0.1) is 0 Å². The second-order valence-corrected chi connectivity index (χ2v) is 4.09. The van der Waals surface area contributed by atoms with Crippen molar-refractivity contribution < 1.29 is 9.90 Å². The van der Waals surface area contributed by atoms with Crippen LogP contribution in [0.2, 0.25) is 0 Å². The lowest BCUT2D eigenvalue weighted by atomic mass is 9.87. The fourth-order valence-corrected chi connectivity index (χ4v) is 1.31. The molecule has 0 aliphatic rings. The Kier molecular flexibility index (Phi) is 2.40. The molecule has 1 atom stereocenters. The molecule has 72 valence electrons. The van der Waals surface area contributed by atoms with Crippen LogP contribution in [0.4, 0.5) is 0 Å². The topological polar surface area (TPSA) is 55.1 Å². The number of aromatic nitrogens is 2. The molecular formula is C9H14N2O2. The van der Waals surface area contributed by atoms with E-state index in [0.29, 0.717) is 0 Å². The molecule has 1 rings (SSSR count). The second kappa shape index (κ2) is 3.20. The monoisotopic (exact) mass is 182 g/mol. The van der Waals surface area contributed by atoms with Gasteiger partial charge in [0.2, 0.25) is 0 Å². The number of carbonyl (C=O) groups is 1. The van der Waals surface area contributed by atoms with E-state index in [-0.39, 0.29) is 5.41 Å². The van der Waals surface area contributed by atoms with E-state index in [4.69, 9.17) is 5.11 Å². The number of rotatable bonds is 2. The van der Waals surface area contributed by atoms with Gasteiger partial charge in [-0.2, -0.15) is 5.10 Å². The van der Waals surface area contributed by atoms with E-state index in [1.807, 2.05) is 20.8 Å². The molecule has 0 radical (unpaired) electrons. The van der Waals surface area contributed by atoms with Crippen molar-refractivity contribution in [1.82, 2.24) is 9.78 Å². The Balaban J connectivity index is 3.01. The Labute approximate surface area is 77.2 Å². The van der Waals surface area contributed by atoms with Crippen LogP contribution in [0.1, 0.15) is 26.8 Å². The maximum absolute atomic E-state index is 11.0. The largest absolute Gasteiger partial charge is 0.480 e. The molecule has 0 spiro atoms. The third-order valence-electron chi connectivity index (χ3n) is 1.84. The van der Waals surface area contributed by atoms with Crippen LogP contribution in [0.15, 0.2) is 18.5 Å². The van der Waals surface area contributed by atoms with E-state index in [1.54, 1.807) is 18.5 Å². The van der Waals surface area contributed by atoms with Gasteiger partial charge in [-0.25, -0.2) is 4.79 Å². The molecule has 0 saturated heterocycles. The van der Waals surface area contributed by atoms with Gasteiger partial charge >= 0.3 is 5.97 Å². The molecule has 1 heterocycles. The Morgan fingerprint density at radius 1 is 1.54 bits per heavy atom. The number of hydrogen-bond donors (Lipinski definition) is 1. The third-order valence-corrected chi connectivity index (χ3v) is 1.84. The minimum Gasteiger partial charge on any atom is -0.480 e. The van der Waals surface area contributed by atoms with E-state index in [9.17, 15) is 4.79 Å². The summed E-state index contributed by atoms with van der Waals surface area (Å²) in [6.07, 6.45) is 3.26. The van der Waals surface area contributed by atoms with Crippen molar-refractivity contribution in [3.63, 3.8) is 0 Å². The van der Waals surface area contributed by atoms with Gasteiger partial charge < -0.3 is 5.11 Å². The zero-order valence-corrected chi connectivity index (χ0v) is 8.06. The Morgan fingerprint density at radius 2 is 2.15 bits per heavy atom. The highest BCUT2D eigenvalue weighted by Crippen LogP contribution is 2.29. The lowest BCUT2D eigenvalue weighted by Gasteiger charge is -2.26. The number of aliphatic carboxylic acids is 1. The van der Waals surface area contributed by atoms with Crippen molar-refractivity contribution in [3.8, 4) is 0 Å². The highest BCUT2D eigenvalue weighted by molar-refractivity contribution is 5.72. The van der Waals surface area contributed by atoms with Gasteiger partial charge in [0, 0.05) is 12.4 Å². The lowest BCUT2D eigenvalue weighted by molar-refractivity contribution is -0.144. The predicted molar refractivity (Wildman–Crippen MR) is 48.4 cm³/mol. The molecule has 0 saturated carbocycles. The standard InChI is InChI=1S/C9H14N2O2/c1-9(2,3)7(8(12)13)11-6-4-5-10-11/h4-7H,1-3H3,(H,12,13). The quantitative estimate of drug-likeness (QED) is 0.755. The molecule has 0 bridgehead atoms. The number of hydrogen-bond acceptors (Lipinski definition) is 2. The summed E-state index contributed by atoms with van der Waals surface area (Å²) in [5.74, 6) is -0.851. The summed E-state index contributed by atoms with van der Waals surface area (Å²) < 4.78 is 1.47. The molecular weight excluding hydrogens is 168 g/mol. The maximum atomic E-state index is 11.0. The van der Waals surface area contributed by atoms with Crippen molar-refractivity contribution in [2.75, 3.05) is 0 Å². The summed E-state index contributed by atoms with van der Waals surface area (Å²) in [6, 6.07) is 1.12. The first kappa shape index (κ1) is 9.77. The van der Waals surface area contributed by atoms with Crippen LogP contribution in [-0.2, 0) is 4.79 Å². The van der Waals surface area contributed by atoms with E-state index in [2.05, 4.69) is 5.10 Å². The summed E-state index contributed by atoms with van der Waals surface area (Å²) in [5, 5.41) is 13.0. The molecule has 0 aliphatic carbocycles. The average Bonchev–Trinajstić information content (AvgIpc) is 2.34.